The first-order valence-electron chi connectivity index (χ1n) is 13.9. The first-order chi connectivity index (χ1) is 21.1. The number of aromatic hydroxyl groups is 1. The molecule has 1 saturated heterocycles. The molecule has 2 aromatic rings. The summed E-state index contributed by atoms with van der Waals surface area (Å²) in [7, 11) is 0. The second kappa shape index (κ2) is 13.1. The molecular formula is C31H31NO12. The van der Waals surface area contributed by atoms with E-state index in [4.69, 9.17) is 13.9 Å². The van der Waals surface area contributed by atoms with Crippen molar-refractivity contribution in [3.8, 4) is 28.2 Å². The van der Waals surface area contributed by atoms with Crippen LogP contribution in [-0.4, -0.2) is 93.0 Å². The fourth-order valence-electron chi connectivity index (χ4n) is 5.16. The SMILES string of the molecule is O=C(NCCCCOC1OC(CO)C(O)C(O)C1O)c1ccc(C(=O)O)c(-c2c3ccc(=O)cc-3oc3cc(O)ccc23)c1. The summed E-state index contributed by atoms with van der Waals surface area (Å²) in [6.45, 7) is -0.243. The van der Waals surface area contributed by atoms with Gasteiger partial charge < -0.3 is 49.8 Å². The highest BCUT2D eigenvalue weighted by Gasteiger charge is 2.43. The maximum Gasteiger partial charge on any atom is 0.336 e. The summed E-state index contributed by atoms with van der Waals surface area (Å²) in [6.07, 6.45) is -5.96. The number of phenols is 1. The monoisotopic (exact) mass is 609 g/mol. The van der Waals surface area contributed by atoms with E-state index in [9.17, 15) is 45.0 Å². The van der Waals surface area contributed by atoms with Gasteiger partial charge in [-0.3, -0.25) is 9.59 Å². The van der Waals surface area contributed by atoms with Crippen molar-refractivity contribution in [2.45, 2.75) is 43.5 Å². The second-order valence-corrected chi connectivity index (χ2v) is 10.4. The van der Waals surface area contributed by atoms with Gasteiger partial charge in [0.2, 0.25) is 0 Å². The van der Waals surface area contributed by atoms with Gasteiger partial charge >= 0.3 is 5.97 Å². The number of rotatable bonds is 10. The van der Waals surface area contributed by atoms with Gasteiger partial charge in [-0.25, -0.2) is 4.79 Å². The Morgan fingerprint density at radius 3 is 2.45 bits per heavy atom. The smallest absolute Gasteiger partial charge is 0.336 e. The van der Waals surface area contributed by atoms with Gasteiger partial charge in [-0.2, -0.15) is 0 Å². The van der Waals surface area contributed by atoms with Crippen molar-refractivity contribution < 1.29 is 54.1 Å². The van der Waals surface area contributed by atoms with E-state index < -0.39 is 49.2 Å². The number of amides is 1. The summed E-state index contributed by atoms with van der Waals surface area (Å²) in [5.74, 6) is -1.60. The number of unbranched alkanes of at least 4 members (excludes halogenated alkanes) is 1. The second-order valence-electron chi connectivity index (χ2n) is 10.4. The molecule has 0 bridgehead atoms. The van der Waals surface area contributed by atoms with Crippen LogP contribution in [0.4, 0.5) is 0 Å². The summed E-state index contributed by atoms with van der Waals surface area (Å²) >= 11 is 0. The predicted octanol–water partition coefficient (Wildman–Crippen LogP) is 1.30. The Labute approximate surface area is 249 Å². The van der Waals surface area contributed by atoms with Crippen molar-refractivity contribution in [3.05, 3.63) is 75.9 Å². The number of aliphatic hydroxyl groups excluding tert-OH is 4. The maximum atomic E-state index is 13.1. The number of carbonyl (C=O) groups is 2. The molecule has 7 N–H and O–H groups in total. The lowest BCUT2D eigenvalue weighted by Gasteiger charge is -2.39. The largest absolute Gasteiger partial charge is 0.508 e. The molecule has 1 aliphatic carbocycles. The molecule has 13 nitrogen and oxygen atoms in total. The van der Waals surface area contributed by atoms with Crippen molar-refractivity contribution >= 4 is 22.8 Å². The van der Waals surface area contributed by atoms with Crippen molar-refractivity contribution in [2.24, 2.45) is 0 Å². The number of hydrogen-bond acceptors (Lipinski definition) is 11. The number of carboxylic acid groups (broad SMARTS) is 1. The third-order valence-electron chi connectivity index (χ3n) is 7.45. The molecule has 13 heteroatoms. The zero-order valence-corrected chi connectivity index (χ0v) is 23.3. The molecule has 2 heterocycles. The van der Waals surface area contributed by atoms with Crippen molar-refractivity contribution in [1.82, 2.24) is 5.32 Å². The molecule has 0 aromatic heterocycles. The minimum Gasteiger partial charge on any atom is -0.508 e. The quantitative estimate of drug-likeness (QED) is 0.100. The molecule has 0 radical (unpaired) electrons. The summed E-state index contributed by atoms with van der Waals surface area (Å²) in [5, 5.41) is 62.3. The van der Waals surface area contributed by atoms with Crippen LogP contribution in [0.3, 0.4) is 0 Å². The Kier molecular flexibility index (Phi) is 9.25. The molecule has 2 aromatic carbocycles. The zero-order chi connectivity index (χ0) is 31.5. The molecule has 44 heavy (non-hydrogen) atoms. The van der Waals surface area contributed by atoms with Gasteiger partial charge in [0.25, 0.3) is 5.91 Å². The molecule has 0 spiro atoms. The summed E-state index contributed by atoms with van der Waals surface area (Å²) < 4.78 is 16.6. The van der Waals surface area contributed by atoms with E-state index in [2.05, 4.69) is 5.32 Å². The van der Waals surface area contributed by atoms with Crippen LogP contribution in [0.25, 0.3) is 33.4 Å². The number of hydrogen-bond donors (Lipinski definition) is 7. The van der Waals surface area contributed by atoms with Gasteiger partial charge in [-0.15, -0.1) is 0 Å². The number of aromatic carboxylic acids is 1. The van der Waals surface area contributed by atoms with E-state index >= 15 is 0 Å². The third kappa shape index (κ3) is 6.28. The van der Waals surface area contributed by atoms with Crippen LogP contribution >= 0.6 is 0 Å². The van der Waals surface area contributed by atoms with Crippen LogP contribution in [0.5, 0.6) is 5.75 Å². The number of carboxylic acids is 1. The van der Waals surface area contributed by atoms with Gasteiger partial charge in [0.15, 0.2) is 11.7 Å². The number of carbonyl (C=O) groups excluding carboxylic acids is 1. The molecule has 3 aliphatic rings. The Bertz CT molecular complexity index is 1700. The van der Waals surface area contributed by atoms with Gasteiger partial charge in [-0.05, 0) is 60.9 Å². The van der Waals surface area contributed by atoms with Crippen molar-refractivity contribution in [3.63, 3.8) is 0 Å². The maximum absolute atomic E-state index is 13.1. The van der Waals surface area contributed by atoms with Crippen molar-refractivity contribution in [2.75, 3.05) is 19.8 Å². The first-order valence-corrected chi connectivity index (χ1v) is 13.9. The van der Waals surface area contributed by atoms with E-state index in [0.29, 0.717) is 29.4 Å². The molecule has 5 atom stereocenters. The van der Waals surface area contributed by atoms with Crippen LogP contribution < -0.4 is 10.7 Å². The fourth-order valence-corrected chi connectivity index (χ4v) is 5.16. The highest BCUT2D eigenvalue weighted by molar-refractivity contribution is 6.09. The van der Waals surface area contributed by atoms with Crippen LogP contribution in [0, 0.1) is 0 Å². The van der Waals surface area contributed by atoms with E-state index in [1.54, 1.807) is 6.07 Å². The Morgan fingerprint density at radius 2 is 1.70 bits per heavy atom. The van der Waals surface area contributed by atoms with E-state index in [-0.39, 0.29) is 52.4 Å². The molecule has 1 amide bonds. The lowest BCUT2D eigenvalue weighted by molar-refractivity contribution is -0.301. The number of benzene rings is 3. The van der Waals surface area contributed by atoms with E-state index in [0.717, 1.165) is 0 Å². The summed E-state index contributed by atoms with van der Waals surface area (Å²) in [5.41, 5.74) is 1.07. The number of aliphatic hydroxyl groups is 4. The average molecular weight is 610 g/mol. The lowest BCUT2D eigenvalue weighted by atomic mass is 9.89. The van der Waals surface area contributed by atoms with E-state index in [1.165, 1.54) is 48.5 Å². The Morgan fingerprint density at radius 1 is 0.909 bits per heavy atom. The summed E-state index contributed by atoms with van der Waals surface area (Å²) in [6, 6.07) is 12.6. The topological polar surface area (TPSA) is 216 Å². The van der Waals surface area contributed by atoms with Crippen LogP contribution in [0.1, 0.15) is 33.6 Å². The minimum atomic E-state index is -1.54. The molecular weight excluding hydrogens is 578 g/mol. The number of ether oxygens (including phenoxy) is 2. The predicted molar refractivity (Wildman–Crippen MR) is 154 cm³/mol. The first kappa shape index (κ1) is 31.1. The molecule has 0 saturated carbocycles. The minimum absolute atomic E-state index is 0.0834. The lowest BCUT2D eigenvalue weighted by Crippen LogP contribution is -2.59. The molecule has 5 rings (SSSR count). The highest BCUT2D eigenvalue weighted by Crippen LogP contribution is 2.42. The molecule has 232 valence electrons. The number of fused-ring (bicyclic) bond motifs is 2. The van der Waals surface area contributed by atoms with E-state index in [1.807, 2.05) is 0 Å². The number of phenolic OH excluding ortho intramolecular Hbond substituents is 1. The highest BCUT2D eigenvalue weighted by atomic mass is 16.7. The standard InChI is InChI=1S/C31H31NO12/c33-14-24-26(36)27(37)28(38)31(44-24)42-10-2-1-9-32-29(39)15-3-6-18(30(40)41)21(11-15)25-19-7-4-16(34)12-22(19)43-23-13-17(35)5-8-20(23)25/h3-8,11-13,24,26-28,31,33-34,36-38H,1-2,9-10,14H2,(H,32,39)(H,40,41). The molecule has 1 fully saturated rings. The average Bonchev–Trinajstić information content (AvgIpc) is 3.00. The van der Waals surface area contributed by atoms with Crippen molar-refractivity contribution in [1.29, 1.82) is 0 Å². The fraction of sp³-hybridized carbons (Fsp3) is 0.323. The van der Waals surface area contributed by atoms with Crippen LogP contribution in [0.15, 0.2) is 63.8 Å². The summed E-state index contributed by atoms with van der Waals surface area (Å²) in [4.78, 5) is 37.4. The van der Waals surface area contributed by atoms with Gasteiger partial charge in [0, 0.05) is 47.4 Å². The van der Waals surface area contributed by atoms with Crippen LogP contribution in [-0.2, 0) is 9.47 Å². The molecule has 5 unspecified atom stereocenters. The van der Waals surface area contributed by atoms with Gasteiger partial charge in [-0.1, -0.05) is 0 Å². The van der Waals surface area contributed by atoms with Crippen LogP contribution in [0.2, 0.25) is 0 Å². The Balaban J connectivity index is 1.31. The Hall–Kier alpha value is -4.37. The molecule has 2 aliphatic heterocycles. The third-order valence-corrected chi connectivity index (χ3v) is 7.45. The van der Waals surface area contributed by atoms with Gasteiger partial charge in [0.05, 0.1) is 12.2 Å². The zero-order valence-electron chi connectivity index (χ0n) is 23.3. The normalized spacial score (nSPS) is 21.9. The van der Waals surface area contributed by atoms with Gasteiger partial charge in [0.1, 0.15) is 41.5 Å². The number of nitrogens with one attached hydrogen (secondary N) is 1.